The lowest BCUT2D eigenvalue weighted by molar-refractivity contribution is -0.130. The third kappa shape index (κ3) is 2.37. The smallest absolute Gasteiger partial charge is 0.380 e. The number of hydrogen-bond donors (Lipinski definition) is 0. The Morgan fingerprint density at radius 1 is 1.21 bits per heavy atom. The minimum absolute atomic E-state index is 0.222. The summed E-state index contributed by atoms with van der Waals surface area (Å²) in [6.07, 6.45) is 3.94. The van der Waals surface area contributed by atoms with Gasteiger partial charge in [-0.15, -0.1) is 0 Å². The number of ketones is 1. The van der Waals surface area contributed by atoms with Gasteiger partial charge < -0.3 is 4.18 Å². The van der Waals surface area contributed by atoms with Crippen LogP contribution in [0.15, 0.2) is 11.8 Å². The van der Waals surface area contributed by atoms with E-state index in [0.29, 0.717) is 32.1 Å². The number of alkyl halides is 3. The largest absolute Gasteiger partial charge is 0.534 e. The van der Waals surface area contributed by atoms with Crippen molar-refractivity contribution in [3.05, 3.63) is 11.8 Å². The first-order valence-corrected chi connectivity index (χ1v) is 7.35. The fourth-order valence-electron chi connectivity index (χ4n) is 2.66. The number of hydrogen-bond acceptors (Lipinski definition) is 4. The highest BCUT2D eigenvalue weighted by atomic mass is 32.2. The van der Waals surface area contributed by atoms with E-state index in [2.05, 4.69) is 4.18 Å². The summed E-state index contributed by atoms with van der Waals surface area (Å²) in [4.78, 5) is 12.0. The molecule has 1 atom stereocenters. The van der Waals surface area contributed by atoms with Crippen LogP contribution in [-0.4, -0.2) is 19.7 Å². The van der Waals surface area contributed by atoms with E-state index in [4.69, 9.17) is 0 Å². The molecule has 8 heteroatoms. The molecule has 19 heavy (non-hydrogen) atoms. The second kappa shape index (κ2) is 4.50. The van der Waals surface area contributed by atoms with E-state index in [-0.39, 0.29) is 18.0 Å². The van der Waals surface area contributed by atoms with Crippen LogP contribution in [0.25, 0.3) is 0 Å². The Kier molecular flexibility index (Phi) is 3.40. The number of Topliss-reactive ketones (excluding diaryl/α,β-unsaturated/α-hetero) is 1. The van der Waals surface area contributed by atoms with Crippen LogP contribution >= 0.6 is 0 Å². The Hall–Kier alpha value is -1.05. The third-order valence-corrected chi connectivity index (χ3v) is 4.61. The topological polar surface area (TPSA) is 60.4 Å². The highest BCUT2D eigenvalue weighted by Crippen LogP contribution is 2.49. The molecule has 0 aromatic heterocycles. The van der Waals surface area contributed by atoms with Gasteiger partial charge in [-0.3, -0.25) is 4.79 Å². The van der Waals surface area contributed by atoms with Gasteiger partial charge in [0.2, 0.25) is 0 Å². The third-order valence-electron chi connectivity index (χ3n) is 3.65. The van der Waals surface area contributed by atoms with E-state index < -0.39 is 21.0 Å². The van der Waals surface area contributed by atoms with Crippen molar-refractivity contribution in [1.82, 2.24) is 0 Å². The molecule has 0 bridgehead atoms. The average Bonchev–Trinajstić information content (AvgIpc) is 2.65. The predicted molar refractivity (Wildman–Crippen MR) is 59.3 cm³/mol. The quantitative estimate of drug-likeness (QED) is 0.581. The molecule has 4 nitrogen and oxygen atoms in total. The molecule has 0 aromatic rings. The van der Waals surface area contributed by atoms with E-state index >= 15 is 0 Å². The number of halogens is 3. The van der Waals surface area contributed by atoms with Crippen LogP contribution in [0.1, 0.15) is 38.5 Å². The first-order valence-electron chi connectivity index (χ1n) is 5.94. The van der Waals surface area contributed by atoms with Crippen LogP contribution in [0.5, 0.6) is 0 Å². The van der Waals surface area contributed by atoms with E-state index in [1.54, 1.807) is 0 Å². The van der Waals surface area contributed by atoms with Gasteiger partial charge in [-0.05, 0) is 31.8 Å². The highest BCUT2D eigenvalue weighted by Gasteiger charge is 2.53. The summed E-state index contributed by atoms with van der Waals surface area (Å²) in [5.74, 6) is -0.561. The van der Waals surface area contributed by atoms with Gasteiger partial charge in [0.1, 0.15) is 11.5 Å². The van der Waals surface area contributed by atoms with Gasteiger partial charge in [0.05, 0.1) is 5.41 Å². The maximum Gasteiger partial charge on any atom is 0.534 e. The molecule has 2 aliphatic rings. The summed E-state index contributed by atoms with van der Waals surface area (Å²) in [6, 6.07) is 0. The van der Waals surface area contributed by atoms with Crippen molar-refractivity contribution in [2.24, 2.45) is 5.41 Å². The number of rotatable bonds is 2. The molecule has 0 aliphatic heterocycles. The zero-order valence-corrected chi connectivity index (χ0v) is 10.8. The van der Waals surface area contributed by atoms with Crippen LogP contribution in [-0.2, 0) is 19.1 Å². The summed E-state index contributed by atoms with van der Waals surface area (Å²) in [7, 11) is -5.70. The molecule has 1 unspecified atom stereocenters. The summed E-state index contributed by atoms with van der Waals surface area (Å²) in [5, 5.41) is 0. The summed E-state index contributed by atoms with van der Waals surface area (Å²) in [6.45, 7) is 0. The summed E-state index contributed by atoms with van der Waals surface area (Å²) in [5.41, 5.74) is -6.63. The van der Waals surface area contributed by atoms with Crippen molar-refractivity contribution < 1.29 is 30.6 Å². The van der Waals surface area contributed by atoms with Crippen molar-refractivity contribution in [2.75, 3.05) is 0 Å². The molecule has 1 saturated carbocycles. The lowest BCUT2D eigenvalue weighted by atomic mass is 9.72. The van der Waals surface area contributed by atoms with Crippen LogP contribution in [0.2, 0.25) is 0 Å². The lowest BCUT2D eigenvalue weighted by Crippen LogP contribution is -2.37. The molecule has 1 fully saturated rings. The first kappa shape index (κ1) is 14.4. The molecular weight excluding hydrogens is 285 g/mol. The van der Waals surface area contributed by atoms with Gasteiger partial charge >= 0.3 is 15.6 Å². The maximum absolute atomic E-state index is 12.3. The Balaban J connectivity index is 2.28. The van der Waals surface area contributed by atoms with Crippen LogP contribution in [0.4, 0.5) is 13.2 Å². The molecular formula is C11H13F3O4S. The van der Waals surface area contributed by atoms with Gasteiger partial charge in [0.15, 0.2) is 0 Å². The van der Waals surface area contributed by atoms with Gasteiger partial charge in [-0.25, -0.2) is 0 Å². The molecule has 0 radical (unpaired) electrons. The summed E-state index contributed by atoms with van der Waals surface area (Å²) < 4.78 is 63.2. The van der Waals surface area contributed by atoms with Gasteiger partial charge in [-0.1, -0.05) is 6.42 Å². The fraction of sp³-hybridized carbons (Fsp3) is 0.727. The molecule has 0 N–H and O–H groups in total. The van der Waals surface area contributed by atoms with Crippen LogP contribution < -0.4 is 0 Å². The van der Waals surface area contributed by atoms with Gasteiger partial charge in [0.25, 0.3) is 0 Å². The average molecular weight is 298 g/mol. The Morgan fingerprint density at radius 3 is 2.47 bits per heavy atom. The SMILES string of the molecule is O=C1CCCCC12CCC=C2OS(=O)(=O)C(F)(F)F. The van der Waals surface area contributed by atoms with Gasteiger partial charge in [-0.2, -0.15) is 21.6 Å². The van der Waals surface area contributed by atoms with Crippen molar-refractivity contribution in [2.45, 2.75) is 44.0 Å². The fourth-order valence-corrected chi connectivity index (χ4v) is 3.22. The Morgan fingerprint density at radius 2 is 1.89 bits per heavy atom. The standard InChI is InChI=1S/C11H13F3O4S/c12-11(13,14)19(16,17)18-9-5-3-7-10(9)6-2-1-4-8(10)15/h5H,1-4,6-7H2. The minimum Gasteiger partial charge on any atom is -0.380 e. The Labute approximate surface area is 108 Å². The zero-order valence-electron chi connectivity index (χ0n) is 10.00. The van der Waals surface area contributed by atoms with Crippen LogP contribution in [0, 0.1) is 5.41 Å². The normalized spacial score (nSPS) is 28.6. The van der Waals surface area contributed by atoms with E-state index in [9.17, 15) is 26.4 Å². The molecule has 2 rings (SSSR count). The van der Waals surface area contributed by atoms with Crippen molar-refractivity contribution >= 4 is 15.9 Å². The Bertz CT molecular complexity index is 521. The first-order chi connectivity index (χ1) is 8.69. The van der Waals surface area contributed by atoms with Crippen molar-refractivity contribution in [1.29, 1.82) is 0 Å². The molecule has 108 valence electrons. The zero-order chi connectivity index (χ0) is 14.3. The monoisotopic (exact) mass is 298 g/mol. The number of carbonyl (C=O) groups is 1. The van der Waals surface area contributed by atoms with Crippen molar-refractivity contribution in [3.63, 3.8) is 0 Å². The molecule has 0 saturated heterocycles. The van der Waals surface area contributed by atoms with E-state index in [0.717, 1.165) is 0 Å². The lowest BCUT2D eigenvalue weighted by Gasteiger charge is -2.33. The van der Waals surface area contributed by atoms with E-state index in [1.165, 1.54) is 6.08 Å². The highest BCUT2D eigenvalue weighted by molar-refractivity contribution is 7.87. The van der Waals surface area contributed by atoms with Crippen molar-refractivity contribution in [3.8, 4) is 0 Å². The second-order valence-corrected chi connectivity index (χ2v) is 6.34. The molecule has 0 aromatic carbocycles. The van der Waals surface area contributed by atoms with Crippen LogP contribution in [0.3, 0.4) is 0 Å². The number of carbonyl (C=O) groups excluding carboxylic acids is 1. The summed E-state index contributed by atoms with van der Waals surface area (Å²) >= 11 is 0. The number of allylic oxidation sites excluding steroid dienone is 2. The molecule has 1 spiro atoms. The maximum atomic E-state index is 12.3. The molecule has 2 aliphatic carbocycles. The minimum atomic E-state index is -5.70. The predicted octanol–water partition coefficient (Wildman–Crippen LogP) is 2.66. The van der Waals surface area contributed by atoms with E-state index in [1.807, 2.05) is 0 Å². The second-order valence-electron chi connectivity index (χ2n) is 4.80. The van der Waals surface area contributed by atoms with Gasteiger partial charge in [0, 0.05) is 6.42 Å². The molecule has 0 amide bonds. The molecule has 0 heterocycles.